The first kappa shape index (κ1) is 29.9. The molecule has 1 fully saturated rings. The molecule has 1 aromatic rings. The van der Waals surface area contributed by atoms with E-state index in [1.165, 1.54) is 12.3 Å². The number of phosphoric ester groups is 1. The molecule has 0 aliphatic carbocycles. The van der Waals surface area contributed by atoms with Gasteiger partial charge in [-0.1, -0.05) is 19.8 Å². The minimum Gasteiger partial charge on any atom is -0.390 e. The van der Waals surface area contributed by atoms with Crippen LogP contribution in [0.2, 0.25) is 0 Å². The van der Waals surface area contributed by atoms with E-state index in [4.69, 9.17) is 19.4 Å². The summed E-state index contributed by atoms with van der Waals surface area (Å²) < 4.78 is 51.8. The standard InChI is InChI=1S/C15H26N3O14P3/c1-2-3-4-5-13(20)16-12-6-7-18(15(21)17-12)14-8-10(19)11(30-14)9-29-34(25,26)32-35(27,28)31-33(22,23)24/h6-7,10-11,14,19H,2-5,8-9H2,1H3,(H,25,26)(H,27,28)(H2,22,23,24)(H,16,17,20,21)/t10-,11+,14+/m0/s1. The molecule has 0 saturated carbocycles. The molecular weight excluding hydrogens is 539 g/mol. The van der Waals surface area contributed by atoms with Crippen LogP contribution >= 0.6 is 23.5 Å². The number of aliphatic hydroxyl groups excluding tert-OH is 1. The second-order valence-electron chi connectivity index (χ2n) is 7.33. The molecule has 2 rings (SSSR count). The van der Waals surface area contributed by atoms with Crippen molar-refractivity contribution in [1.82, 2.24) is 9.55 Å². The summed E-state index contributed by atoms with van der Waals surface area (Å²) in [6.45, 7) is 1.11. The summed E-state index contributed by atoms with van der Waals surface area (Å²) in [5.41, 5.74) is -0.818. The largest absolute Gasteiger partial charge is 0.490 e. The van der Waals surface area contributed by atoms with Gasteiger partial charge in [0.15, 0.2) is 0 Å². The summed E-state index contributed by atoms with van der Waals surface area (Å²) in [7, 11) is -16.6. The Kier molecular flexibility index (Phi) is 10.5. The van der Waals surface area contributed by atoms with E-state index in [1.54, 1.807) is 0 Å². The highest BCUT2D eigenvalue weighted by molar-refractivity contribution is 7.66. The lowest BCUT2D eigenvalue weighted by Crippen LogP contribution is -2.29. The lowest BCUT2D eigenvalue weighted by atomic mass is 10.2. The Hall–Kier alpha value is -1.32. The molecule has 0 radical (unpaired) electrons. The molecule has 1 saturated heterocycles. The number of rotatable bonds is 13. The number of carbonyl (C=O) groups is 1. The number of unbranched alkanes of at least 4 members (excludes halogenated alkanes) is 2. The number of nitrogens with one attached hydrogen (secondary N) is 1. The number of amides is 1. The first-order valence-electron chi connectivity index (χ1n) is 10.1. The molecule has 0 aromatic carbocycles. The maximum Gasteiger partial charge on any atom is 0.490 e. The number of hydrogen-bond donors (Lipinski definition) is 6. The fourth-order valence-electron chi connectivity index (χ4n) is 2.95. The third kappa shape index (κ3) is 10.3. The summed E-state index contributed by atoms with van der Waals surface area (Å²) in [5.74, 6) is -0.280. The van der Waals surface area contributed by atoms with Crippen molar-refractivity contribution >= 4 is 35.2 Å². The normalized spacial score (nSPS) is 24.0. The fraction of sp³-hybridized carbons (Fsp3) is 0.667. The predicted octanol–water partition coefficient (Wildman–Crippen LogP) is 0.754. The van der Waals surface area contributed by atoms with Crippen molar-refractivity contribution in [2.24, 2.45) is 0 Å². The zero-order valence-corrected chi connectivity index (χ0v) is 21.0. The van der Waals surface area contributed by atoms with E-state index in [2.05, 4.69) is 23.4 Å². The number of nitrogens with zero attached hydrogens (tertiary/aromatic N) is 2. The van der Waals surface area contributed by atoms with Gasteiger partial charge >= 0.3 is 29.2 Å². The van der Waals surface area contributed by atoms with Gasteiger partial charge in [0.1, 0.15) is 18.1 Å². The topological polar surface area (TPSA) is 253 Å². The quantitative estimate of drug-likeness (QED) is 0.143. The van der Waals surface area contributed by atoms with E-state index in [9.17, 15) is 33.3 Å². The molecule has 5 atom stereocenters. The van der Waals surface area contributed by atoms with Crippen LogP contribution < -0.4 is 11.0 Å². The Labute approximate surface area is 198 Å². The van der Waals surface area contributed by atoms with Crippen LogP contribution in [0.1, 0.15) is 45.3 Å². The van der Waals surface area contributed by atoms with Gasteiger partial charge in [-0.25, -0.2) is 18.5 Å². The van der Waals surface area contributed by atoms with Crippen LogP contribution in [0.4, 0.5) is 5.82 Å². The summed E-state index contributed by atoms with van der Waals surface area (Å²) in [6, 6.07) is 1.34. The molecule has 2 heterocycles. The molecule has 1 aliphatic heterocycles. The number of aromatic nitrogens is 2. The zero-order chi connectivity index (χ0) is 26.4. The molecule has 200 valence electrons. The maximum atomic E-state index is 12.3. The van der Waals surface area contributed by atoms with Gasteiger partial charge in [-0.3, -0.25) is 13.9 Å². The molecule has 6 N–H and O–H groups in total. The molecule has 1 aromatic heterocycles. The van der Waals surface area contributed by atoms with Crippen molar-refractivity contribution in [2.75, 3.05) is 11.9 Å². The third-order valence-electron chi connectivity index (χ3n) is 4.44. The van der Waals surface area contributed by atoms with Gasteiger partial charge in [-0.15, -0.1) is 0 Å². The van der Waals surface area contributed by atoms with Crippen LogP contribution in [0.25, 0.3) is 0 Å². The number of carbonyl (C=O) groups excluding carboxylic acids is 1. The molecular formula is C15H26N3O14P3. The Morgan fingerprint density at radius 1 is 1.20 bits per heavy atom. The lowest BCUT2D eigenvalue weighted by Gasteiger charge is -2.19. The average Bonchev–Trinajstić information content (AvgIpc) is 3.04. The van der Waals surface area contributed by atoms with Crippen LogP contribution in [0.5, 0.6) is 0 Å². The number of phosphoric acid groups is 3. The smallest absolute Gasteiger partial charge is 0.390 e. The molecule has 1 aliphatic rings. The second-order valence-corrected chi connectivity index (χ2v) is 11.7. The van der Waals surface area contributed by atoms with Crippen LogP contribution in [-0.2, 0) is 36.4 Å². The minimum atomic E-state index is -5.69. The molecule has 35 heavy (non-hydrogen) atoms. The molecule has 0 spiro atoms. The summed E-state index contributed by atoms with van der Waals surface area (Å²) >= 11 is 0. The Balaban J connectivity index is 1.95. The first-order valence-corrected chi connectivity index (χ1v) is 14.6. The van der Waals surface area contributed by atoms with Crippen LogP contribution in [0.3, 0.4) is 0 Å². The van der Waals surface area contributed by atoms with Crippen molar-refractivity contribution in [3.05, 3.63) is 22.7 Å². The molecule has 20 heteroatoms. The number of anilines is 1. The van der Waals surface area contributed by atoms with Crippen molar-refractivity contribution in [3.8, 4) is 0 Å². The summed E-state index contributed by atoms with van der Waals surface area (Å²) in [6.07, 6.45) is 0.168. The van der Waals surface area contributed by atoms with Crippen molar-refractivity contribution in [2.45, 2.75) is 57.5 Å². The molecule has 0 bridgehead atoms. The van der Waals surface area contributed by atoms with Crippen LogP contribution in [-0.4, -0.2) is 59.0 Å². The van der Waals surface area contributed by atoms with Crippen LogP contribution in [0.15, 0.2) is 17.1 Å². The summed E-state index contributed by atoms with van der Waals surface area (Å²) in [4.78, 5) is 63.6. The van der Waals surface area contributed by atoms with E-state index in [0.717, 1.165) is 17.4 Å². The second kappa shape index (κ2) is 12.3. The highest BCUT2D eigenvalue weighted by atomic mass is 31.3. The summed E-state index contributed by atoms with van der Waals surface area (Å²) in [5, 5.41) is 12.6. The first-order chi connectivity index (χ1) is 16.1. The average molecular weight is 565 g/mol. The van der Waals surface area contributed by atoms with Gasteiger partial charge in [0, 0.05) is 19.0 Å². The molecule has 1 amide bonds. The van der Waals surface area contributed by atoms with Crippen molar-refractivity contribution in [3.63, 3.8) is 0 Å². The van der Waals surface area contributed by atoms with Crippen molar-refractivity contribution < 1.29 is 61.1 Å². The van der Waals surface area contributed by atoms with E-state index in [-0.39, 0.29) is 24.6 Å². The Bertz CT molecular complexity index is 1090. The number of ether oxygens (including phenoxy) is 1. The molecule has 2 unspecified atom stereocenters. The van der Waals surface area contributed by atoms with Crippen LogP contribution in [0, 0.1) is 0 Å². The highest BCUT2D eigenvalue weighted by Gasteiger charge is 2.43. The Morgan fingerprint density at radius 3 is 2.49 bits per heavy atom. The Morgan fingerprint density at radius 2 is 1.89 bits per heavy atom. The lowest BCUT2D eigenvalue weighted by molar-refractivity contribution is -0.116. The maximum absolute atomic E-state index is 12.3. The van der Waals surface area contributed by atoms with Gasteiger partial charge in [0.25, 0.3) is 0 Å². The van der Waals surface area contributed by atoms with E-state index in [1.807, 2.05) is 6.92 Å². The monoisotopic (exact) mass is 565 g/mol. The SMILES string of the molecule is CCCCCC(=O)Nc1ccn([C@H]2C[C@H](O)[C@@H](COP(=O)(O)OP(=O)(O)OP(=O)(O)O)O2)c(=O)n1. The van der Waals surface area contributed by atoms with Gasteiger partial charge < -0.3 is 34.7 Å². The van der Waals surface area contributed by atoms with E-state index in [0.29, 0.717) is 6.42 Å². The van der Waals surface area contributed by atoms with Gasteiger partial charge in [-0.05, 0) is 12.5 Å². The minimum absolute atomic E-state index is 0.0236. The van der Waals surface area contributed by atoms with Gasteiger partial charge in [0.2, 0.25) is 5.91 Å². The van der Waals surface area contributed by atoms with Crippen molar-refractivity contribution in [1.29, 1.82) is 0 Å². The highest BCUT2D eigenvalue weighted by Crippen LogP contribution is 2.66. The van der Waals surface area contributed by atoms with Gasteiger partial charge in [-0.2, -0.15) is 13.6 Å². The van der Waals surface area contributed by atoms with E-state index < -0.39 is 54.2 Å². The van der Waals surface area contributed by atoms with Gasteiger partial charge in [0.05, 0.1) is 12.7 Å². The molecule has 17 nitrogen and oxygen atoms in total. The zero-order valence-electron chi connectivity index (χ0n) is 18.3. The fourth-order valence-corrected chi connectivity index (χ4v) is 5.98. The third-order valence-corrected chi connectivity index (χ3v) is 8.24. The number of aliphatic hydroxyl groups is 1. The number of hydrogen-bond acceptors (Lipinski definition) is 11. The van der Waals surface area contributed by atoms with E-state index >= 15 is 0 Å². The predicted molar refractivity (Wildman–Crippen MR) is 116 cm³/mol.